The number of methoxy groups -OCH3 is 1. The van der Waals surface area contributed by atoms with E-state index < -0.39 is 0 Å². The van der Waals surface area contributed by atoms with Crippen molar-refractivity contribution in [2.45, 2.75) is 13.5 Å². The van der Waals surface area contributed by atoms with Crippen LogP contribution in [0.15, 0.2) is 36.5 Å². The first-order valence-electron chi connectivity index (χ1n) is 5.68. The molecule has 4 heteroatoms. The third-order valence-electron chi connectivity index (χ3n) is 2.68. The van der Waals surface area contributed by atoms with Crippen LogP contribution >= 0.6 is 0 Å². The highest BCUT2D eigenvalue weighted by molar-refractivity contribution is 5.52. The molecule has 0 atom stereocenters. The van der Waals surface area contributed by atoms with Gasteiger partial charge < -0.3 is 10.1 Å². The molecule has 0 saturated carbocycles. The van der Waals surface area contributed by atoms with Gasteiger partial charge in [0.25, 0.3) is 0 Å². The summed E-state index contributed by atoms with van der Waals surface area (Å²) in [6.45, 7) is 2.27. The van der Waals surface area contributed by atoms with Crippen LogP contribution in [0.2, 0.25) is 0 Å². The summed E-state index contributed by atoms with van der Waals surface area (Å²) in [7, 11) is 1.57. The lowest BCUT2D eigenvalue weighted by Crippen LogP contribution is -2.02. The van der Waals surface area contributed by atoms with Crippen LogP contribution in [-0.2, 0) is 6.54 Å². The minimum absolute atomic E-state index is 0.188. The molecule has 18 heavy (non-hydrogen) atoms. The van der Waals surface area contributed by atoms with E-state index in [1.807, 2.05) is 18.2 Å². The molecule has 0 aliphatic rings. The number of nitrogens with zero attached hydrogens (tertiary/aromatic N) is 1. The second-order valence-electron chi connectivity index (χ2n) is 4.00. The Kier molecular flexibility index (Phi) is 3.77. The number of pyridine rings is 1. The van der Waals surface area contributed by atoms with Gasteiger partial charge >= 0.3 is 0 Å². The summed E-state index contributed by atoms with van der Waals surface area (Å²) in [5.74, 6) is 0.345. The maximum absolute atomic E-state index is 13.4. The molecule has 0 amide bonds. The number of aromatic nitrogens is 1. The van der Waals surface area contributed by atoms with Gasteiger partial charge in [0.15, 0.2) is 0 Å². The Morgan fingerprint density at radius 3 is 2.89 bits per heavy atom. The maximum atomic E-state index is 13.4. The summed E-state index contributed by atoms with van der Waals surface area (Å²) < 4.78 is 18.5. The van der Waals surface area contributed by atoms with E-state index in [2.05, 4.69) is 10.3 Å². The first kappa shape index (κ1) is 12.4. The second kappa shape index (κ2) is 5.49. The number of nitrogens with one attached hydrogen (secondary N) is 1. The van der Waals surface area contributed by atoms with Gasteiger partial charge in [-0.1, -0.05) is 12.1 Å². The standard InChI is InChI=1S/C14H15FN2O/c1-10-5-6-11(8-12(10)15)9-17-13-4-3-7-16-14(13)18-2/h3-8,17H,9H2,1-2H3. The van der Waals surface area contributed by atoms with E-state index in [9.17, 15) is 4.39 Å². The highest BCUT2D eigenvalue weighted by Crippen LogP contribution is 2.20. The average Bonchev–Trinajstić information content (AvgIpc) is 2.40. The van der Waals surface area contributed by atoms with E-state index in [0.29, 0.717) is 18.0 Å². The lowest BCUT2D eigenvalue weighted by Gasteiger charge is -2.10. The van der Waals surface area contributed by atoms with Crippen LogP contribution < -0.4 is 10.1 Å². The quantitative estimate of drug-likeness (QED) is 0.899. The Morgan fingerprint density at radius 1 is 1.33 bits per heavy atom. The lowest BCUT2D eigenvalue weighted by atomic mass is 10.1. The van der Waals surface area contributed by atoms with Crippen molar-refractivity contribution in [2.75, 3.05) is 12.4 Å². The van der Waals surface area contributed by atoms with E-state index in [-0.39, 0.29) is 5.82 Å². The molecule has 3 nitrogen and oxygen atoms in total. The van der Waals surface area contributed by atoms with Crippen LogP contribution in [0.5, 0.6) is 5.88 Å². The number of rotatable bonds is 4. The van der Waals surface area contributed by atoms with Gasteiger partial charge in [-0.15, -0.1) is 0 Å². The summed E-state index contributed by atoms with van der Waals surface area (Å²) in [4.78, 5) is 4.08. The molecule has 2 rings (SSSR count). The van der Waals surface area contributed by atoms with Gasteiger partial charge in [-0.2, -0.15) is 0 Å². The van der Waals surface area contributed by atoms with Crippen molar-refractivity contribution in [1.82, 2.24) is 4.98 Å². The second-order valence-corrected chi connectivity index (χ2v) is 4.00. The Bertz CT molecular complexity index is 543. The molecule has 0 radical (unpaired) electrons. The fraction of sp³-hybridized carbons (Fsp3) is 0.214. The predicted octanol–water partition coefficient (Wildman–Crippen LogP) is 3.15. The van der Waals surface area contributed by atoms with Gasteiger partial charge in [0, 0.05) is 12.7 Å². The molecule has 1 N–H and O–H groups in total. The van der Waals surface area contributed by atoms with Crippen LogP contribution in [0.4, 0.5) is 10.1 Å². The van der Waals surface area contributed by atoms with Crippen molar-refractivity contribution in [3.8, 4) is 5.88 Å². The average molecular weight is 246 g/mol. The van der Waals surface area contributed by atoms with Crippen molar-refractivity contribution in [1.29, 1.82) is 0 Å². The van der Waals surface area contributed by atoms with Gasteiger partial charge in [-0.05, 0) is 36.2 Å². The van der Waals surface area contributed by atoms with E-state index >= 15 is 0 Å². The van der Waals surface area contributed by atoms with Crippen molar-refractivity contribution in [3.63, 3.8) is 0 Å². The van der Waals surface area contributed by atoms with Gasteiger partial charge in [0.2, 0.25) is 5.88 Å². The minimum Gasteiger partial charge on any atom is -0.480 e. The first-order chi connectivity index (χ1) is 8.70. The highest BCUT2D eigenvalue weighted by atomic mass is 19.1. The number of benzene rings is 1. The molecule has 1 aromatic heterocycles. The normalized spacial score (nSPS) is 10.2. The van der Waals surface area contributed by atoms with Crippen LogP contribution in [0.3, 0.4) is 0 Å². The molecule has 0 bridgehead atoms. The van der Waals surface area contributed by atoms with E-state index in [4.69, 9.17) is 4.74 Å². The molecular formula is C14H15FN2O. The predicted molar refractivity (Wildman–Crippen MR) is 69.3 cm³/mol. The molecule has 0 spiro atoms. The largest absolute Gasteiger partial charge is 0.480 e. The molecule has 0 aliphatic heterocycles. The SMILES string of the molecule is COc1ncccc1NCc1ccc(C)c(F)c1. The smallest absolute Gasteiger partial charge is 0.237 e. The zero-order valence-electron chi connectivity index (χ0n) is 10.4. The molecule has 2 aromatic rings. The maximum Gasteiger partial charge on any atom is 0.237 e. The van der Waals surface area contributed by atoms with Gasteiger partial charge in [0.1, 0.15) is 5.82 Å². The molecule has 94 valence electrons. The third kappa shape index (κ3) is 2.77. The van der Waals surface area contributed by atoms with Crippen molar-refractivity contribution < 1.29 is 9.13 Å². The lowest BCUT2D eigenvalue weighted by molar-refractivity contribution is 0.399. The third-order valence-corrected chi connectivity index (χ3v) is 2.68. The van der Waals surface area contributed by atoms with Crippen molar-refractivity contribution in [3.05, 3.63) is 53.5 Å². The van der Waals surface area contributed by atoms with Gasteiger partial charge in [0.05, 0.1) is 12.8 Å². The van der Waals surface area contributed by atoms with Gasteiger partial charge in [-0.3, -0.25) is 0 Å². The number of ether oxygens (including phenoxy) is 1. The topological polar surface area (TPSA) is 34.1 Å². The zero-order valence-corrected chi connectivity index (χ0v) is 10.4. The van der Waals surface area contributed by atoms with Crippen LogP contribution in [0.25, 0.3) is 0 Å². The highest BCUT2D eigenvalue weighted by Gasteiger charge is 2.03. The molecular weight excluding hydrogens is 231 g/mol. The van der Waals surface area contributed by atoms with Crippen LogP contribution in [0.1, 0.15) is 11.1 Å². The zero-order chi connectivity index (χ0) is 13.0. The summed E-state index contributed by atoms with van der Waals surface area (Å²) in [5.41, 5.74) is 2.32. The fourth-order valence-electron chi connectivity index (χ4n) is 1.63. The molecule has 0 fully saturated rings. The molecule has 0 unspecified atom stereocenters. The monoisotopic (exact) mass is 246 g/mol. The summed E-state index contributed by atoms with van der Waals surface area (Å²) in [5, 5.41) is 3.17. The van der Waals surface area contributed by atoms with Crippen molar-refractivity contribution >= 4 is 5.69 Å². The van der Waals surface area contributed by atoms with Crippen LogP contribution in [0, 0.1) is 12.7 Å². The fourth-order valence-corrected chi connectivity index (χ4v) is 1.63. The number of hydrogen-bond donors (Lipinski definition) is 1. The summed E-state index contributed by atoms with van der Waals surface area (Å²) in [6.07, 6.45) is 1.66. The molecule has 1 heterocycles. The van der Waals surface area contributed by atoms with Crippen LogP contribution in [-0.4, -0.2) is 12.1 Å². The summed E-state index contributed by atoms with van der Waals surface area (Å²) in [6, 6.07) is 8.89. The van der Waals surface area contributed by atoms with E-state index in [1.54, 1.807) is 26.3 Å². The Balaban J connectivity index is 2.09. The van der Waals surface area contributed by atoms with Crippen molar-refractivity contribution in [2.24, 2.45) is 0 Å². The number of halogens is 1. The first-order valence-corrected chi connectivity index (χ1v) is 5.68. The Hall–Kier alpha value is -2.10. The number of anilines is 1. The Labute approximate surface area is 106 Å². The molecule has 0 aliphatic carbocycles. The molecule has 1 aromatic carbocycles. The van der Waals surface area contributed by atoms with E-state index in [1.165, 1.54) is 6.07 Å². The summed E-state index contributed by atoms with van der Waals surface area (Å²) >= 11 is 0. The minimum atomic E-state index is -0.188. The number of aryl methyl sites for hydroxylation is 1. The Morgan fingerprint density at radius 2 is 2.17 bits per heavy atom. The van der Waals surface area contributed by atoms with Gasteiger partial charge in [-0.25, -0.2) is 9.37 Å². The number of hydrogen-bond acceptors (Lipinski definition) is 3. The van der Waals surface area contributed by atoms with E-state index in [0.717, 1.165) is 11.3 Å². The molecule has 0 saturated heterocycles.